The maximum atomic E-state index is 11.7. The summed E-state index contributed by atoms with van der Waals surface area (Å²) in [4.78, 5) is 13.6. The van der Waals surface area contributed by atoms with Crippen LogP contribution < -0.4 is 5.32 Å². The molecule has 15 heavy (non-hydrogen) atoms. The number of amides is 1. The van der Waals surface area contributed by atoms with E-state index in [1.54, 1.807) is 0 Å². The third-order valence-electron chi connectivity index (χ3n) is 2.40. The maximum absolute atomic E-state index is 11.7. The predicted molar refractivity (Wildman–Crippen MR) is 62.4 cm³/mol. The number of halogens is 1. The van der Waals surface area contributed by atoms with Crippen molar-refractivity contribution in [3.05, 3.63) is 0 Å². The topological polar surface area (TPSA) is 41.6 Å². The van der Waals surface area contributed by atoms with Crippen molar-refractivity contribution in [2.24, 2.45) is 0 Å². The van der Waals surface area contributed by atoms with Gasteiger partial charge in [-0.2, -0.15) is 0 Å². The molecule has 0 aromatic rings. The van der Waals surface area contributed by atoms with Gasteiger partial charge < -0.3 is 15.0 Å². The zero-order valence-corrected chi connectivity index (χ0v) is 10.3. The van der Waals surface area contributed by atoms with Crippen LogP contribution in [0.3, 0.4) is 0 Å². The second-order valence-electron chi connectivity index (χ2n) is 3.69. The van der Waals surface area contributed by atoms with Crippen LogP contribution >= 0.6 is 12.4 Å². The highest BCUT2D eigenvalue weighted by Gasteiger charge is 2.22. The van der Waals surface area contributed by atoms with Crippen LogP contribution in [0, 0.1) is 0 Å². The molecule has 1 heterocycles. The molecule has 1 aliphatic rings. The Bertz CT molecular complexity index is 190. The summed E-state index contributed by atoms with van der Waals surface area (Å²) >= 11 is 0. The van der Waals surface area contributed by atoms with Gasteiger partial charge in [0.15, 0.2) is 0 Å². The highest BCUT2D eigenvalue weighted by Crippen LogP contribution is 2.02. The normalized spacial score (nSPS) is 20.9. The Kier molecular flexibility index (Phi) is 7.74. The van der Waals surface area contributed by atoms with Crippen molar-refractivity contribution in [2.75, 3.05) is 32.8 Å². The number of rotatable bonds is 4. The first-order chi connectivity index (χ1) is 6.75. The molecule has 4 nitrogen and oxygen atoms in total. The molecule has 0 unspecified atom stereocenters. The van der Waals surface area contributed by atoms with Crippen LogP contribution in [0.25, 0.3) is 0 Å². The molecule has 0 saturated carbocycles. The van der Waals surface area contributed by atoms with Crippen molar-refractivity contribution >= 4 is 18.3 Å². The minimum absolute atomic E-state index is 0. The summed E-state index contributed by atoms with van der Waals surface area (Å²) in [7, 11) is 0. The molecule has 1 N–H and O–H groups in total. The molecule has 1 atom stereocenters. The van der Waals surface area contributed by atoms with Gasteiger partial charge in [-0.25, -0.2) is 0 Å². The van der Waals surface area contributed by atoms with Gasteiger partial charge in [0.2, 0.25) is 5.91 Å². The summed E-state index contributed by atoms with van der Waals surface area (Å²) in [6.07, 6.45) is 0.963. The zero-order chi connectivity index (χ0) is 10.4. The second kappa shape index (κ2) is 7.91. The van der Waals surface area contributed by atoms with Crippen LogP contribution in [0.2, 0.25) is 0 Å². The number of carbonyl (C=O) groups is 1. The summed E-state index contributed by atoms with van der Waals surface area (Å²) in [6, 6.07) is 0.293. The van der Waals surface area contributed by atoms with E-state index in [2.05, 4.69) is 12.2 Å². The predicted octanol–water partition coefficient (Wildman–Crippen LogP) is 0.655. The molecule has 0 bridgehead atoms. The fraction of sp³-hybridized carbons (Fsp3) is 0.900. The lowest BCUT2D eigenvalue weighted by Gasteiger charge is -2.33. The lowest BCUT2D eigenvalue weighted by atomic mass is 10.2. The number of ether oxygens (including phenoxy) is 1. The molecule has 1 aliphatic heterocycles. The molecule has 1 rings (SSSR count). The van der Waals surface area contributed by atoms with Gasteiger partial charge in [-0.3, -0.25) is 4.79 Å². The van der Waals surface area contributed by atoms with Gasteiger partial charge in [0, 0.05) is 32.3 Å². The Morgan fingerprint density at radius 1 is 1.60 bits per heavy atom. The molecular weight excluding hydrogens is 216 g/mol. The first-order valence-electron chi connectivity index (χ1n) is 5.33. The van der Waals surface area contributed by atoms with Crippen molar-refractivity contribution in [1.29, 1.82) is 0 Å². The van der Waals surface area contributed by atoms with E-state index in [-0.39, 0.29) is 24.9 Å². The number of hydrogen-bond acceptors (Lipinski definition) is 3. The highest BCUT2D eigenvalue weighted by molar-refractivity contribution is 5.85. The van der Waals surface area contributed by atoms with Gasteiger partial charge in [0.05, 0.1) is 0 Å². The molecule has 0 radical (unpaired) electrons. The van der Waals surface area contributed by atoms with Crippen LogP contribution in [0.4, 0.5) is 0 Å². The number of hydrogen-bond donors (Lipinski definition) is 1. The lowest BCUT2D eigenvalue weighted by molar-refractivity contribution is -0.138. The van der Waals surface area contributed by atoms with Crippen molar-refractivity contribution in [3.8, 4) is 0 Å². The molecule has 5 heteroatoms. The van der Waals surface area contributed by atoms with Crippen LogP contribution in [-0.4, -0.2) is 49.7 Å². The standard InChI is InChI=1S/C10H20N2O2.ClH/c1-3-6-14-8-10(13)12-5-4-11-7-9(12)2;/h9,11H,3-8H2,1-2H3;1H/t9-;/m0./s1. The van der Waals surface area contributed by atoms with E-state index in [0.29, 0.717) is 12.6 Å². The summed E-state index contributed by atoms with van der Waals surface area (Å²) in [5.74, 6) is 0.118. The Balaban J connectivity index is 0.00000196. The molecule has 0 aromatic heterocycles. The summed E-state index contributed by atoms with van der Waals surface area (Å²) in [6.45, 7) is 7.59. The van der Waals surface area contributed by atoms with Gasteiger partial charge in [-0.1, -0.05) is 6.92 Å². The minimum Gasteiger partial charge on any atom is -0.372 e. The molecule has 1 fully saturated rings. The van der Waals surface area contributed by atoms with Crippen LogP contribution in [0.15, 0.2) is 0 Å². The largest absolute Gasteiger partial charge is 0.372 e. The maximum Gasteiger partial charge on any atom is 0.248 e. The van der Waals surface area contributed by atoms with Gasteiger partial charge in [0.25, 0.3) is 0 Å². The lowest BCUT2D eigenvalue weighted by Crippen LogP contribution is -2.53. The van der Waals surface area contributed by atoms with E-state index in [1.165, 1.54) is 0 Å². The first kappa shape index (κ1) is 14.7. The van der Waals surface area contributed by atoms with E-state index < -0.39 is 0 Å². The van der Waals surface area contributed by atoms with Crippen molar-refractivity contribution in [2.45, 2.75) is 26.3 Å². The minimum atomic E-state index is 0. The molecule has 0 spiro atoms. The third-order valence-corrected chi connectivity index (χ3v) is 2.40. The number of nitrogens with zero attached hydrogens (tertiary/aromatic N) is 1. The number of nitrogens with one attached hydrogen (secondary N) is 1. The van der Waals surface area contributed by atoms with Crippen molar-refractivity contribution < 1.29 is 9.53 Å². The molecule has 1 amide bonds. The second-order valence-corrected chi connectivity index (χ2v) is 3.69. The molecule has 0 aromatic carbocycles. The quantitative estimate of drug-likeness (QED) is 0.729. The van der Waals surface area contributed by atoms with Crippen LogP contribution in [0.1, 0.15) is 20.3 Å². The van der Waals surface area contributed by atoms with E-state index in [4.69, 9.17) is 4.74 Å². The number of piperazine rings is 1. The molecule has 1 saturated heterocycles. The Labute approximate surface area is 97.8 Å². The van der Waals surface area contributed by atoms with Gasteiger partial charge in [0.1, 0.15) is 6.61 Å². The summed E-state index contributed by atoms with van der Waals surface area (Å²) in [5.41, 5.74) is 0. The van der Waals surface area contributed by atoms with Gasteiger partial charge >= 0.3 is 0 Å². The fourth-order valence-electron chi connectivity index (χ4n) is 1.60. The van der Waals surface area contributed by atoms with Gasteiger partial charge in [-0.15, -0.1) is 12.4 Å². The summed E-state index contributed by atoms with van der Waals surface area (Å²) < 4.78 is 5.23. The Hall–Kier alpha value is -0.320. The van der Waals surface area contributed by atoms with Gasteiger partial charge in [-0.05, 0) is 13.3 Å². The van der Waals surface area contributed by atoms with Crippen molar-refractivity contribution in [1.82, 2.24) is 10.2 Å². The van der Waals surface area contributed by atoms with Crippen LogP contribution in [-0.2, 0) is 9.53 Å². The average molecular weight is 237 g/mol. The highest BCUT2D eigenvalue weighted by atomic mass is 35.5. The SMILES string of the molecule is CCCOCC(=O)N1CCNC[C@@H]1C.Cl. The monoisotopic (exact) mass is 236 g/mol. The average Bonchev–Trinajstić information content (AvgIpc) is 2.18. The molecule has 90 valence electrons. The molecule has 0 aliphatic carbocycles. The molecular formula is C10H21ClN2O2. The van der Waals surface area contributed by atoms with Crippen molar-refractivity contribution in [3.63, 3.8) is 0 Å². The van der Waals surface area contributed by atoms with E-state index >= 15 is 0 Å². The fourth-order valence-corrected chi connectivity index (χ4v) is 1.60. The van der Waals surface area contributed by atoms with E-state index in [9.17, 15) is 4.79 Å². The zero-order valence-electron chi connectivity index (χ0n) is 9.49. The first-order valence-corrected chi connectivity index (χ1v) is 5.33. The van der Waals surface area contributed by atoms with Crippen LogP contribution in [0.5, 0.6) is 0 Å². The van der Waals surface area contributed by atoms with E-state index in [0.717, 1.165) is 26.1 Å². The van der Waals surface area contributed by atoms with E-state index in [1.807, 2.05) is 11.8 Å². The summed E-state index contributed by atoms with van der Waals surface area (Å²) in [5, 5.41) is 3.25. The Morgan fingerprint density at radius 3 is 2.93 bits per heavy atom. The smallest absolute Gasteiger partial charge is 0.248 e. The number of carbonyl (C=O) groups excluding carboxylic acids is 1. The Morgan fingerprint density at radius 2 is 2.33 bits per heavy atom. The third kappa shape index (κ3) is 4.82.